The van der Waals surface area contributed by atoms with Crippen molar-refractivity contribution in [3.8, 4) is 5.75 Å². The molecule has 0 amide bonds. The number of hydrogen-bond donors (Lipinski definition) is 4. The number of rotatable bonds is 12. The molecule has 6 heteroatoms. The number of aliphatic hydroxyl groups is 4. The molecule has 1 fully saturated rings. The third kappa shape index (κ3) is 6.42. The first kappa shape index (κ1) is 23.1. The normalized spacial score (nSPS) is 27.7. The van der Waals surface area contributed by atoms with Gasteiger partial charge in [-0.1, -0.05) is 70.1 Å². The first-order chi connectivity index (χ1) is 13.6. The molecule has 4 N–H and O–H groups in total. The molecule has 6 nitrogen and oxygen atoms in total. The van der Waals surface area contributed by atoms with Gasteiger partial charge in [0.2, 0.25) is 0 Å². The Morgan fingerprint density at radius 2 is 1.50 bits per heavy atom. The van der Waals surface area contributed by atoms with E-state index < -0.39 is 37.1 Å². The Kier molecular flexibility index (Phi) is 10.2. The van der Waals surface area contributed by atoms with Crippen LogP contribution in [0.2, 0.25) is 0 Å². The molecule has 0 radical (unpaired) electrons. The third-order valence-corrected chi connectivity index (χ3v) is 5.37. The molecule has 5 atom stereocenters. The monoisotopic (exact) mass is 396 g/mol. The molecule has 1 aliphatic heterocycles. The smallest absolute Gasteiger partial charge is 0.125 e. The summed E-state index contributed by atoms with van der Waals surface area (Å²) in [6.45, 7) is 2.35. The molecule has 1 heterocycles. The Balaban J connectivity index is 1.85. The van der Waals surface area contributed by atoms with Gasteiger partial charge in [0, 0.05) is 5.56 Å². The summed E-state index contributed by atoms with van der Waals surface area (Å²) in [6, 6.07) is 7.23. The van der Waals surface area contributed by atoms with Gasteiger partial charge in [-0.2, -0.15) is 0 Å². The van der Waals surface area contributed by atoms with Crippen LogP contribution >= 0.6 is 0 Å². The zero-order valence-electron chi connectivity index (χ0n) is 16.9. The highest BCUT2D eigenvalue weighted by Gasteiger charge is 2.44. The first-order valence-electron chi connectivity index (χ1n) is 10.6. The van der Waals surface area contributed by atoms with Crippen molar-refractivity contribution in [1.82, 2.24) is 0 Å². The Morgan fingerprint density at radius 1 is 0.857 bits per heavy atom. The number of aliphatic hydroxyl groups excluding tert-OH is 4. The van der Waals surface area contributed by atoms with Crippen LogP contribution in [0, 0.1) is 0 Å². The fourth-order valence-electron chi connectivity index (χ4n) is 3.62. The van der Waals surface area contributed by atoms with E-state index in [1.165, 1.54) is 38.5 Å². The van der Waals surface area contributed by atoms with Crippen LogP contribution in [0.25, 0.3) is 0 Å². The van der Waals surface area contributed by atoms with Gasteiger partial charge in [0.25, 0.3) is 0 Å². The van der Waals surface area contributed by atoms with E-state index in [1.54, 1.807) is 12.1 Å². The van der Waals surface area contributed by atoms with Crippen LogP contribution in [-0.2, 0) is 4.74 Å². The summed E-state index contributed by atoms with van der Waals surface area (Å²) in [5.41, 5.74) is 0.610. The van der Waals surface area contributed by atoms with Gasteiger partial charge in [-0.15, -0.1) is 0 Å². The van der Waals surface area contributed by atoms with Crippen LogP contribution < -0.4 is 4.74 Å². The van der Waals surface area contributed by atoms with Crippen molar-refractivity contribution in [2.75, 3.05) is 13.2 Å². The fraction of sp³-hybridized carbons (Fsp3) is 0.727. The molecule has 1 saturated heterocycles. The average molecular weight is 397 g/mol. The predicted octanol–water partition coefficient (Wildman–Crippen LogP) is 2.72. The maximum Gasteiger partial charge on any atom is 0.125 e. The van der Waals surface area contributed by atoms with Crippen molar-refractivity contribution < 1.29 is 29.9 Å². The molecule has 1 aromatic rings. The molecule has 0 bridgehead atoms. The van der Waals surface area contributed by atoms with Crippen LogP contribution in [0.5, 0.6) is 5.75 Å². The maximum absolute atomic E-state index is 10.4. The Hall–Kier alpha value is -1.18. The van der Waals surface area contributed by atoms with Crippen molar-refractivity contribution in [2.45, 2.75) is 88.8 Å². The van der Waals surface area contributed by atoms with Gasteiger partial charge in [0.15, 0.2) is 0 Å². The highest BCUT2D eigenvalue weighted by molar-refractivity contribution is 5.36. The van der Waals surface area contributed by atoms with E-state index in [-0.39, 0.29) is 0 Å². The second-order valence-corrected chi connectivity index (χ2v) is 7.61. The lowest BCUT2D eigenvalue weighted by Gasteiger charge is -2.40. The van der Waals surface area contributed by atoms with Gasteiger partial charge in [-0.05, 0) is 12.5 Å². The summed E-state index contributed by atoms with van der Waals surface area (Å²) in [5, 5.41) is 39.7. The average Bonchev–Trinajstić information content (AvgIpc) is 2.71. The first-order valence-corrected chi connectivity index (χ1v) is 10.6. The zero-order valence-corrected chi connectivity index (χ0v) is 16.9. The van der Waals surface area contributed by atoms with Gasteiger partial charge in [0.05, 0.1) is 13.2 Å². The lowest BCUT2D eigenvalue weighted by atomic mass is 9.91. The molecule has 2 rings (SSSR count). The number of unbranched alkanes of at least 4 members (excludes halogenated alkanes) is 7. The Bertz CT molecular complexity index is 550. The lowest BCUT2D eigenvalue weighted by Crippen LogP contribution is -2.55. The van der Waals surface area contributed by atoms with Crippen molar-refractivity contribution in [1.29, 1.82) is 0 Å². The van der Waals surface area contributed by atoms with Crippen molar-refractivity contribution in [3.05, 3.63) is 29.8 Å². The SMILES string of the molecule is CCCCCCCCCCOc1ccccc1C1O[C@H](CO)[C@@H](O)[C@H](O)[C@H]1O. The van der Waals surface area contributed by atoms with E-state index in [4.69, 9.17) is 9.47 Å². The van der Waals surface area contributed by atoms with Crippen molar-refractivity contribution in [2.24, 2.45) is 0 Å². The van der Waals surface area contributed by atoms with Crippen LogP contribution in [0.15, 0.2) is 24.3 Å². The van der Waals surface area contributed by atoms with Crippen LogP contribution in [0.4, 0.5) is 0 Å². The van der Waals surface area contributed by atoms with E-state index in [1.807, 2.05) is 12.1 Å². The molecular weight excluding hydrogens is 360 g/mol. The van der Waals surface area contributed by atoms with Crippen LogP contribution in [0.3, 0.4) is 0 Å². The maximum atomic E-state index is 10.4. The topological polar surface area (TPSA) is 99.4 Å². The quantitative estimate of drug-likeness (QED) is 0.406. The number of para-hydroxylation sites is 1. The van der Waals surface area contributed by atoms with E-state index in [2.05, 4.69) is 6.92 Å². The molecule has 0 aromatic heterocycles. The van der Waals surface area contributed by atoms with Crippen molar-refractivity contribution in [3.63, 3.8) is 0 Å². The molecule has 1 aromatic carbocycles. The summed E-state index contributed by atoms with van der Waals surface area (Å²) in [4.78, 5) is 0. The minimum atomic E-state index is -1.39. The standard InChI is InChI=1S/C22H36O6/c1-2-3-4-5-6-7-8-11-14-27-17-13-10-9-12-16(17)22-21(26)20(25)19(24)18(15-23)28-22/h9-10,12-13,18-26H,2-8,11,14-15H2,1H3/t18-,19-,20+,21-,22?/m1/s1. The molecule has 0 spiro atoms. The van der Waals surface area contributed by atoms with Gasteiger partial charge in [0.1, 0.15) is 36.3 Å². The molecule has 160 valence electrons. The summed E-state index contributed by atoms with van der Waals surface area (Å²) in [5.74, 6) is 0.592. The van der Waals surface area contributed by atoms with Gasteiger partial charge < -0.3 is 29.9 Å². The van der Waals surface area contributed by atoms with E-state index in [0.717, 1.165) is 12.8 Å². The summed E-state index contributed by atoms with van der Waals surface area (Å²) in [6.07, 6.45) is 3.90. The van der Waals surface area contributed by atoms with E-state index in [0.29, 0.717) is 17.9 Å². The Morgan fingerprint density at radius 3 is 2.18 bits per heavy atom. The summed E-state index contributed by atoms with van der Waals surface area (Å²) in [7, 11) is 0. The largest absolute Gasteiger partial charge is 0.493 e. The highest BCUT2D eigenvalue weighted by Crippen LogP contribution is 2.36. The minimum Gasteiger partial charge on any atom is -0.493 e. The van der Waals surface area contributed by atoms with Gasteiger partial charge in [-0.25, -0.2) is 0 Å². The van der Waals surface area contributed by atoms with E-state index >= 15 is 0 Å². The predicted molar refractivity (Wildman–Crippen MR) is 107 cm³/mol. The lowest BCUT2D eigenvalue weighted by molar-refractivity contribution is -0.232. The molecule has 0 aliphatic carbocycles. The zero-order chi connectivity index (χ0) is 20.4. The summed E-state index contributed by atoms with van der Waals surface area (Å²) < 4.78 is 11.6. The molecule has 1 aliphatic rings. The third-order valence-electron chi connectivity index (χ3n) is 5.37. The minimum absolute atomic E-state index is 0.442. The van der Waals surface area contributed by atoms with Gasteiger partial charge >= 0.3 is 0 Å². The van der Waals surface area contributed by atoms with Gasteiger partial charge in [-0.3, -0.25) is 0 Å². The van der Waals surface area contributed by atoms with Crippen molar-refractivity contribution >= 4 is 0 Å². The number of benzene rings is 1. The molecular formula is C22H36O6. The fourth-order valence-corrected chi connectivity index (χ4v) is 3.62. The van der Waals surface area contributed by atoms with E-state index in [9.17, 15) is 20.4 Å². The summed E-state index contributed by atoms with van der Waals surface area (Å²) >= 11 is 0. The molecule has 28 heavy (non-hydrogen) atoms. The second-order valence-electron chi connectivity index (χ2n) is 7.61. The number of hydrogen-bond acceptors (Lipinski definition) is 6. The number of ether oxygens (including phenoxy) is 2. The Labute approximate surface area is 168 Å². The van der Waals surface area contributed by atoms with Crippen LogP contribution in [-0.4, -0.2) is 58.1 Å². The second kappa shape index (κ2) is 12.4. The molecule has 1 unspecified atom stereocenters. The highest BCUT2D eigenvalue weighted by atomic mass is 16.5. The van der Waals surface area contributed by atoms with Crippen LogP contribution in [0.1, 0.15) is 70.0 Å². The molecule has 0 saturated carbocycles.